The Morgan fingerprint density at radius 1 is 1.00 bits per heavy atom. The van der Waals surface area contributed by atoms with Crippen LogP contribution in [0.4, 0.5) is 0 Å². The Labute approximate surface area is 203 Å². The Balaban J connectivity index is 1.85. The van der Waals surface area contributed by atoms with Crippen LogP contribution in [0, 0.1) is 22.7 Å². The first-order valence-corrected chi connectivity index (χ1v) is 16.9. The zero-order chi connectivity index (χ0) is 24.3. The van der Waals surface area contributed by atoms with E-state index >= 15 is 0 Å². The topological polar surface area (TPSA) is 77.5 Å². The van der Waals surface area contributed by atoms with Crippen LogP contribution >= 0.6 is 10.3 Å². The van der Waals surface area contributed by atoms with E-state index in [9.17, 15) is 18.0 Å². The quantitative estimate of drug-likeness (QED) is 0.300. The van der Waals surface area contributed by atoms with E-state index in [0.29, 0.717) is 24.3 Å². The smallest absolute Gasteiger partial charge is 0.277 e. The molecular formula is C26H46O5S2. The highest BCUT2D eigenvalue weighted by atomic mass is 32.3. The number of fused-ring (bicyclic) bond motifs is 2. The van der Waals surface area contributed by atoms with Crippen LogP contribution in [0.2, 0.25) is 0 Å². The molecule has 0 aliphatic heterocycles. The highest BCUT2D eigenvalue weighted by Gasteiger charge is 2.65. The van der Waals surface area contributed by atoms with E-state index in [2.05, 4.69) is 27.7 Å². The maximum Gasteiger partial charge on any atom is 0.277 e. The molecule has 2 atom stereocenters. The van der Waals surface area contributed by atoms with Crippen LogP contribution in [0.15, 0.2) is 0 Å². The largest absolute Gasteiger partial charge is 0.299 e. The minimum Gasteiger partial charge on any atom is -0.299 e. The van der Waals surface area contributed by atoms with Gasteiger partial charge in [0.1, 0.15) is 11.6 Å². The van der Waals surface area contributed by atoms with Gasteiger partial charge in [0.25, 0.3) is 10.1 Å². The molecule has 3 aliphatic rings. The number of rotatable bonds is 13. The van der Waals surface area contributed by atoms with Crippen LogP contribution in [-0.4, -0.2) is 43.0 Å². The molecule has 3 rings (SSSR count). The number of hydrogen-bond donors (Lipinski definition) is 0. The van der Waals surface area contributed by atoms with Crippen molar-refractivity contribution in [1.29, 1.82) is 0 Å². The lowest BCUT2D eigenvalue weighted by molar-refractivity contribution is -0.128. The van der Waals surface area contributed by atoms with Crippen LogP contribution in [0.3, 0.4) is 0 Å². The Kier molecular flexibility index (Phi) is 8.81. The Bertz CT molecular complexity index is 805. The van der Waals surface area contributed by atoms with E-state index in [1.54, 1.807) is 0 Å². The fourth-order valence-corrected chi connectivity index (χ4v) is 13.5. The van der Waals surface area contributed by atoms with Gasteiger partial charge in [0.2, 0.25) is 0 Å². The van der Waals surface area contributed by atoms with Gasteiger partial charge in [-0.1, -0.05) is 59.8 Å². The summed E-state index contributed by atoms with van der Waals surface area (Å²) in [5, 5.41) is 0. The van der Waals surface area contributed by atoms with Gasteiger partial charge in [-0.05, 0) is 49.9 Å². The lowest BCUT2D eigenvalue weighted by atomic mass is 9.70. The average Bonchev–Trinajstić information content (AvgIpc) is 3.10. The molecule has 2 unspecified atom stereocenters. The summed E-state index contributed by atoms with van der Waals surface area (Å²) in [7, 11) is -6.04. The van der Waals surface area contributed by atoms with Crippen LogP contribution < -0.4 is 0 Å². The van der Waals surface area contributed by atoms with Crippen molar-refractivity contribution in [2.24, 2.45) is 22.7 Å². The molecule has 0 amide bonds. The number of hydrogen-bond acceptors (Lipinski definition) is 5. The molecule has 0 N–H and O–H groups in total. The van der Waals surface area contributed by atoms with Gasteiger partial charge in [-0.3, -0.25) is 9.59 Å². The van der Waals surface area contributed by atoms with Crippen LogP contribution in [0.1, 0.15) is 105 Å². The lowest BCUT2D eigenvalue weighted by Gasteiger charge is -2.41. The van der Waals surface area contributed by atoms with Crippen LogP contribution in [0.25, 0.3) is 0 Å². The number of carbonyl (C=O) groups excluding carboxylic acids is 2. The van der Waals surface area contributed by atoms with Gasteiger partial charge >= 0.3 is 0 Å². The van der Waals surface area contributed by atoms with Gasteiger partial charge in [0.05, 0.1) is 16.9 Å². The molecule has 0 heterocycles. The predicted octanol–water partition coefficient (Wildman–Crippen LogP) is 6.20. The first-order valence-electron chi connectivity index (χ1n) is 13.3. The van der Waals surface area contributed by atoms with E-state index in [-0.39, 0.29) is 40.3 Å². The third kappa shape index (κ3) is 5.72. The van der Waals surface area contributed by atoms with Gasteiger partial charge in [-0.25, -0.2) is 3.63 Å². The van der Waals surface area contributed by atoms with E-state index in [1.165, 1.54) is 6.42 Å². The zero-order valence-electron chi connectivity index (χ0n) is 21.3. The summed E-state index contributed by atoms with van der Waals surface area (Å²) in [5.41, 5.74) is -1.15. The third-order valence-corrected chi connectivity index (χ3v) is 14.7. The second-order valence-corrected chi connectivity index (χ2v) is 16.4. The lowest BCUT2D eigenvalue weighted by Crippen LogP contribution is -2.43. The van der Waals surface area contributed by atoms with E-state index in [0.717, 1.165) is 57.8 Å². The predicted molar refractivity (Wildman–Crippen MR) is 137 cm³/mol. The standard InChI is InChI=1S/C26H46O5S2/c1-5-7-16-32(17-8-6-2,19-23(27)21-12-10-9-11-13-21)31-33(29,30)20-26-15-14-22(18-24(26)28)25(26,3)4/h21-22H,5-20H2,1-4H3. The van der Waals surface area contributed by atoms with Crippen LogP contribution in [-0.2, 0) is 23.3 Å². The van der Waals surface area contributed by atoms with Crippen LogP contribution in [0.5, 0.6) is 0 Å². The molecule has 0 radical (unpaired) electrons. The maximum absolute atomic E-state index is 13.6. The highest BCUT2D eigenvalue weighted by Crippen LogP contribution is 2.65. The van der Waals surface area contributed by atoms with Gasteiger partial charge in [0.15, 0.2) is 0 Å². The molecule has 5 nitrogen and oxygen atoms in total. The minimum atomic E-state index is -3.94. The number of unbranched alkanes of at least 4 members (excludes halogenated alkanes) is 2. The maximum atomic E-state index is 13.6. The zero-order valence-corrected chi connectivity index (χ0v) is 23.0. The third-order valence-electron chi connectivity index (χ3n) is 9.02. The SMILES string of the molecule is CCCCS(CCCC)(CC(=O)C1CCCCC1)OS(=O)(=O)CC12CCC(CC1=O)C2(C)C. The molecule has 3 fully saturated rings. The summed E-state index contributed by atoms with van der Waals surface area (Å²) in [6.45, 7) is 8.32. The molecule has 7 heteroatoms. The van der Waals surface area contributed by atoms with E-state index in [1.807, 2.05) is 0 Å². The second kappa shape index (κ2) is 10.7. The summed E-state index contributed by atoms with van der Waals surface area (Å²) < 4.78 is 33.5. The molecule has 33 heavy (non-hydrogen) atoms. The van der Waals surface area contributed by atoms with Gasteiger partial charge < -0.3 is 0 Å². The first kappa shape index (κ1) is 27.2. The Hall–Kier alpha value is -0.400. The van der Waals surface area contributed by atoms with Crippen molar-refractivity contribution in [1.82, 2.24) is 0 Å². The molecule has 192 valence electrons. The minimum absolute atomic E-state index is 0.0599. The second-order valence-electron chi connectivity index (χ2n) is 11.5. The highest BCUT2D eigenvalue weighted by molar-refractivity contribution is 8.33. The number of Topliss-reactive ketones (excluding diaryl/α,β-unsaturated/α-hetero) is 2. The molecule has 0 saturated heterocycles. The van der Waals surface area contributed by atoms with Crippen molar-refractivity contribution >= 4 is 32.0 Å². The van der Waals surface area contributed by atoms with E-state index < -0.39 is 25.8 Å². The van der Waals surface area contributed by atoms with Gasteiger partial charge in [0, 0.05) is 23.8 Å². The van der Waals surface area contributed by atoms with Crippen molar-refractivity contribution in [2.75, 3.05) is 23.0 Å². The fraction of sp³-hybridized carbons (Fsp3) is 0.923. The summed E-state index contributed by atoms with van der Waals surface area (Å²) in [6.07, 6.45) is 10.9. The fourth-order valence-electron chi connectivity index (χ4n) is 6.61. The van der Waals surface area contributed by atoms with Crippen molar-refractivity contribution in [3.8, 4) is 0 Å². The summed E-state index contributed by atoms with van der Waals surface area (Å²) in [5.74, 6) is 2.01. The molecule has 3 aliphatic carbocycles. The Morgan fingerprint density at radius 2 is 1.61 bits per heavy atom. The average molecular weight is 503 g/mol. The molecule has 0 aromatic rings. The monoisotopic (exact) mass is 502 g/mol. The summed E-state index contributed by atoms with van der Waals surface area (Å²) in [4.78, 5) is 26.3. The Morgan fingerprint density at radius 3 is 2.09 bits per heavy atom. The molecular weight excluding hydrogens is 456 g/mol. The normalized spacial score (nSPS) is 28.4. The van der Waals surface area contributed by atoms with Gasteiger partial charge in [-0.15, -0.1) is 10.3 Å². The molecule has 2 bridgehead atoms. The van der Waals surface area contributed by atoms with E-state index in [4.69, 9.17) is 3.63 Å². The first-order chi connectivity index (χ1) is 15.5. The summed E-state index contributed by atoms with van der Waals surface area (Å²) >= 11 is 0. The molecule has 0 aromatic carbocycles. The van der Waals surface area contributed by atoms with Crippen molar-refractivity contribution < 1.29 is 21.6 Å². The number of ketones is 2. The number of carbonyl (C=O) groups is 2. The molecule has 0 aromatic heterocycles. The van der Waals surface area contributed by atoms with Crippen molar-refractivity contribution in [2.45, 2.75) is 105 Å². The molecule has 3 saturated carbocycles. The van der Waals surface area contributed by atoms with Gasteiger partial charge in [-0.2, -0.15) is 8.42 Å². The van der Waals surface area contributed by atoms with Crippen molar-refractivity contribution in [3.05, 3.63) is 0 Å². The molecule has 0 spiro atoms. The summed E-state index contributed by atoms with van der Waals surface area (Å²) in [6, 6.07) is 0. The van der Waals surface area contributed by atoms with Crippen molar-refractivity contribution in [3.63, 3.8) is 0 Å².